The number of hydrogen-bond acceptors (Lipinski definition) is 4. The highest BCUT2D eigenvalue weighted by molar-refractivity contribution is 7.79. The van der Waals surface area contributed by atoms with Crippen LogP contribution >= 0.6 is 0 Å². The van der Waals surface area contributed by atoms with E-state index >= 15 is 0 Å². The molecule has 0 radical (unpaired) electrons. The Labute approximate surface area is 96.3 Å². The molecular formula is C10H12NO4S-. The van der Waals surface area contributed by atoms with E-state index < -0.39 is 11.1 Å². The van der Waals surface area contributed by atoms with Crippen LogP contribution in [0, 0.1) is 0 Å². The van der Waals surface area contributed by atoms with Gasteiger partial charge in [0, 0.05) is 5.75 Å². The van der Waals surface area contributed by atoms with Crippen molar-refractivity contribution in [1.82, 2.24) is 5.06 Å². The molecule has 1 aromatic carbocycles. The van der Waals surface area contributed by atoms with Crippen LogP contribution in [0.25, 0.3) is 0 Å². The van der Waals surface area contributed by atoms with E-state index in [-0.39, 0.29) is 18.9 Å². The van der Waals surface area contributed by atoms with Crippen LogP contribution in [0.3, 0.4) is 0 Å². The number of carbonyl (C=O) groups is 1. The quantitative estimate of drug-likeness (QED) is 0.395. The van der Waals surface area contributed by atoms with Crippen molar-refractivity contribution >= 4 is 17.5 Å². The summed E-state index contributed by atoms with van der Waals surface area (Å²) >= 11 is -2.17. The van der Waals surface area contributed by atoms with Crippen molar-refractivity contribution in [2.75, 3.05) is 12.3 Å². The van der Waals surface area contributed by atoms with Crippen molar-refractivity contribution in [3.05, 3.63) is 35.9 Å². The minimum absolute atomic E-state index is 0.0342. The maximum Gasteiger partial charge on any atom is 0.233 e. The highest BCUT2D eigenvalue weighted by Gasteiger charge is 2.02. The Morgan fingerprint density at radius 3 is 2.62 bits per heavy atom. The lowest BCUT2D eigenvalue weighted by Gasteiger charge is -2.17. The molecule has 0 bridgehead atoms. The van der Waals surface area contributed by atoms with E-state index in [1.54, 1.807) is 0 Å². The van der Waals surface area contributed by atoms with Gasteiger partial charge in [-0.3, -0.25) is 13.8 Å². The van der Waals surface area contributed by atoms with Gasteiger partial charge in [0.1, 0.15) is 6.61 Å². The van der Waals surface area contributed by atoms with Crippen LogP contribution in [-0.2, 0) is 27.3 Å². The molecule has 0 spiro atoms. The molecule has 1 unspecified atom stereocenters. The summed E-state index contributed by atoms with van der Waals surface area (Å²) < 4.78 is 20.6. The molecule has 0 aromatic heterocycles. The number of nitrogens with zero attached hydrogens (tertiary/aromatic N) is 1. The van der Waals surface area contributed by atoms with E-state index in [9.17, 15) is 13.6 Å². The molecule has 0 fully saturated rings. The number of carbonyl (C=O) groups excluding carboxylic acids is 1. The third-order valence-electron chi connectivity index (χ3n) is 1.84. The van der Waals surface area contributed by atoms with Gasteiger partial charge in [-0.25, -0.2) is 5.06 Å². The molecule has 0 saturated heterocycles. The first kappa shape index (κ1) is 12.8. The molecule has 0 heterocycles. The van der Waals surface area contributed by atoms with Crippen molar-refractivity contribution in [2.45, 2.75) is 6.61 Å². The summed E-state index contributed by atoms with van der Waals surface area (Å²) in [7, 11) is 0. The van der Waals surface area contributed by atoms with Crippen molar-refractivity contribution in [3.8, 4) is 0 Å². The van der Waals surface area contributed by atoms with E-state index in [4.69, 9.17) is 4.84 Å². The summed E-state index contributed by atoms with van der Waals surface area (Å²) in [5.41, 5.74) is 0.914. The van der Waals surface area contributed by atoms with Crippen molar-refractivity contribution < 1.29 is 18.4 Å². The second-order valence-electron chi connectivity index (χ2n) is 3.01. The SMILES string of the molecule is O=CN(CCS(=O)[O-])OCc1ccccc1. The molecule has 1 aromatic rings. The zero-order valence-corrected chi connectivity index (χ0v) is 9.39. The van der Waals surface area contributed by atoms with E-state index in [1.807, 2.05) is 30.3 Å². The topological polar surface area (TPSA) is 69.7 Å². The number of rotatable bonds is 7. The molecule has 0 saturated carbocycles. The summed E-state index contributed by atoms with van der Waals surface area (Å²) in [5.74, 6) is -0.131. The van der Waals surface area contributed by atoms with Crippen molar-refractivity contribution in [2.24, 2.45) is 0 Å². The van der Waals surface area contributed by atoms with Crippen molar-refractivity contribution in [1.29, 1.82) is 0 Å². The lowest BCUT2D eigenvalue weighted by Crippen LogP contribution is -2.26. The molecule has 1 atom stereocenters. The second kappa shape index (κ2) is 7.10. The maximum absolute atomic E-state index is 10.5. The zero-order valence-electron chi connectivity index (χ0n) is 8.57. The molecule has 0 aliphatic rings. The lowest BCUT2D eigenvalue weighted by atomic mass is 10.2. The Bertz CT molecular complexity index is 344. The van der Waals surface area contributed by atoms with Crippen LogP contribution in [0.5, 0.6) is 0 Å². The second-order valence-corrected chi connectivity index (χ2v) is 4.03. The minimum atomic E-state index is -2.17. The first-order valence-electron chi connectivity index (χ1n) is 4.67. The number of hydrogen-bond donors (Lipinski definition) is 0. The summed E-state index contributed by atoms with van der Waals surface area (Å²) in [5, 5.41) is 0.975. The van der Waals surface area contributed by atoms with E-state index in [1.165, 1.54) is 0 Å². The Kier molecular flexibility index (Phi) is 5.69. The highest BCUT2D eigenvalue weighted by atomic mass is 32.2. The van der Waals surface area contributed by atoms with E-state index in [0.717, 1.165) is 10.6 Å². The fourth-order valence-corrected chi connectivity index (χ4v) is 1.37. The molecule has 6 heteroatoms. The van der Waals surface area contributed by atoms with Gasteiger partial charge in [-0.05, 0) is 5.56 Å². The molecule has 88 valence electrons. The maximum atomic E-state index is 10.5. The van der Waals surface area contributed by atoms with Crippen LogP contribution < -0.4 is 0 Å². The molecule has 1 rings (SSSR count). The van der Waals surface area contributed by atoms with Crippen LogP contribution in [-0.4, -0.2) is 32.5 Å². The first-order valence-corrected chi connectivity index (χ1v) is 5.91. The Hall–Kier alpha value is -1.24. The molecule has 1 amide bonds. The van der Waals surface area contributed by atoms with E-state index in [2.05, 4.69) is 0 Å². The predicted molar refractivity (Wildman–Crippen MR) is 57.8 cm³/mol. The Balaban J connectivity index is 2.34. The predicted octanol–water partition coefficient (Wildman–Crippen LogP) is 0.456. The van der Waals surface area contributed by atoms with Crippen molar-refractivity contribution in [3.63, 3.8) is 0 Å². The molecule has 0 aliphatic heterocycles. The zero-order chi connectivity index (χ0) is 11.8. The third-order valence-corrected chi connectivity index (χ3v) is 2.35. The van der Waals surface area contributed by atoms with Crippen LogP contribution in [0.2, 0.25) is 0 Å². The van der Waals surface area contributed by atoms with Crippen LogP contribution in [0.4, 0.5) is 0 Å². The van der Waals surface area contributed by atoms with Gasteiger partial charge in [0.05, 0.1) is 6.54 Å². The van der Waals surface area contributed by atoms with Gasteiger partial charge in [-0.2, -0.15) is 0 Å². The van der Waals surface area contributed by atoms with Gasteiger partial charge < -0.3 is 4.55 Å². The summed E-state index contributed by atoms with van der Waals surface area (Å²) in [4.78, 5) is 15.7. The largest absolute Gasteiger partial charge is 0.772 e. The molecule has 16 heavy (non-hydrogen) atoms. The van der Waals surface area contributed by atoms with Crippen LogP contribution in [0.15, 0.2) is 30.3 Å². The third kappa shape index (κ3) is 5.01. The average molecular weight is 242 g/mol. The molecule has 5 nitrogen and oxygen atoms in total. The van der Waals surface area contributed by atoms with E-state index in [0.29, 0.717) is 6.41 Å². The molecular weight excluding hydrogens is 230 g/mol. The van der Waals surface area contributed by atoms with Gasteiger partial charge in [-0.15, -0.1) is 0 Å². The first-order chi connectivity index (χ1) is 7.72. The van der Waals surface area contributed by atoms with Gasteiger partial charge in [0.25, 0.3) is 0 Å². The van der Waals surface area contributed by atoms with Crippen LogP contribution in [0.1, 0.15) is 5.56 Å². The number of benzene rings is 1. The summed E-state index contributed by atoms with van der Waals surface area (Å²) in [6, 6.07) is 9.30. The van der Waals surface area contributed by atoms with Gasteiger partial charge in [-0.1, -0.05) is 41.4 Å². The fourth-order valence-electron chi connectivity index (χ4n) is 1.04. The highest BCUT2D eigenvalue weighted by Crippen LogP contribution is 2.01. The lowest BCUT2D eigenvalue weighted by molar-refractivity contribution is -0.175. The monoisotopic (exact) mass is 242 g/mol. The summed E-state index contributed by atoms with van der Waals surface area (Å²) in [6.07, 6.45) is 0.468. The van der Waals surface area contributed by atoms with Gasteiger partial charge >= 0.3 is 0 Å². The number of hydroxylamine groups is 2. The molecule has 0 N–H and O–H groups in total. The Morgan fingerprint density at radius 2 is 2.06 bits per heavy atom. The standard InChI is InChI=1S/C10H13NO4S/c12-9-11(6-7-16(13)14)15-8-10-4-2-1-3-5-10/h1-5,9H,6-8H2,(H,13,14)/p-1. The summed E-state index contributed by atoms with van der Waals surface area (Å²) in [6.45, 7) is 0.275. The minimum Gasteiger partial charge on any atom is -0.772 e. The smallest absolute Gasteiger partial charge is 0.233 e. The fraction of sp³-hybridized carbons (Fsp3) is 0.300. The van der Waals surface area contributed by atoms with Gasteiger partial charge in [0.15, 0.2) is 0 Å². The normalized spacial score (nSPS) is 12.1. The Morgan fingerprint density at radius 1 is 1.38 bits per heavy atom. The average Bonchev–Trinajstić information content (AvgIpc) is 2.30. The molecule has 0 aliphatic carbocycles. The number of amides is 1. The van der Waals surface area contributed by atoms with Gasteiger partial charge in [0.2, 0.25) is 6.41 Å².